The molecule has 3 aliphatic carbocycles. The summed E-state index contributed by atoms with van der Waals surface area (Å²) in [4.78, 5) is 40.3. The summed E-state index contributed by atoms with van der Waals surface area (Å²) in [6.07, 6.45) is -1.56. The predicted molar refractivity (Wildman–Crippen MR) is 131 cm³/mol. The molecule has 2 aromatic carbocycles. The maximum Gasteiger partial charge on any atom is 0.230 e. The van der Waals surface area contributed by atoms with Crippen LogP contribution in [0.1, 0.15) is 24.0 Å². The summed E-state index contributed by atoms with van der Waals surface area (Å²) in [5, 5.41) is 44.4. The number of benzene rings is 2. The van der Waals surface area contributed by atoms with Crippen LogP contribution in [0.3, 0.4) is 0 Å². The molecule has 0 saturated heterocycles. The number of aliphatic hydroxyl groups excluding tert-OH is 2. The van der Waals surface area contributed by atoms with Crippen LogP contribution in [0.25, 0.3) is 16.9 Å². The molecular weight excluding hydrogens is 502 g/mol. The summed E-state index contributed by atoms with van der Waals surface area (Å²) in [7, 11) is 3.39. The Balaban J connectivity index is 1.73. The molecule has 1 amide bonds. The summed E-state index contributed by atoms with van der Waals surface area (Å²) in [6, 6.07) is 4.29. The van der Waals surface area contributed by atoms with Gasteiger partial charge in [0.2, 0.25) is 11.7 Å². The number of aliphatic hydroxyl groups is 3. The van der Waals surface area contributed by atoms with Crippen molar-refractivity contribution >= 4 is 28.9 Å². The van der Waals surface area contributed by atoms with E-state index in [0.29, 0.717) is 17.3 Å². The first-order valence-corrected chi connectivity index (χ1v) is 12.0. The number of phenols is 1. The van der Waals surface area contributed by atoms with Crippen molar-refractivity contribution < 1.29 is 43.6 Å². The van der Waals surface area contributed by atoms with Crippen molar-refractivity contribution in [1.29, 1.82) is 0 Å². The van der Waals surface area contributed by atoms with Gasteiger partial charge in [-0.3, -0.25) is 14.4 Å². The number of nitrogens with two attached hydrogens (primary N) is 1. The number of amides is 1. The number of aromatic hydroxyl groups is 1. The number of rotatable bonds is 3. The van der Waals surface area contributed by atoms with Crippen molar-refractivity contribution in [1.82, 2.24) is 0 Å². The third-order valence-electron chi connectivity index (χ3n) is 8.06. The zero-order valence-electron chi connectivity index (χ0n) is 20.5. The summed E-state index contributed by atoms with van der Waals surface area (Å²) in [5.74, 6) is -10.1. The molecule has 0 aromatic heterocycles. The lowest BCUT2D eigenvalue weighted by Crippen LogP contribution is -2.66. The Bertz CT molecular complexity index is 1450. The van der Waals surface area contributed by atoms with E-state index in [1.165, 1.54) is 6.07 Å². The number of fused-ring (bicyclic) bond motifs is 3. The standard InChI is InChI=1S/C27H26F2N2O7/c1-31(2)17-9-14(13-4-3-12(28)8-16(13)29)22(33)20-15(17)6-10-5-11-7-18(32)21(26(30)37)25(36)27(11,38)24(35)19(10)23(20)34/h3-4,8-11,18,21,32-34,38H,5-7H2,1-2H3,(H2,30,37)/t10-,11+,18?,21?,27+/m1/s1. The first kappa shape index (κ1) is 25.8. The van der Waals surface area contributed by atoms with Gasteiger partial charge in [-0.15, -0.1) is 0 Å². The highest BCUT2D eigenvalue weighted by Crippen LogP contribution is 2.54. The van der Waals surface area contributed by atoms with E-state index in [1.54, 1.807) is 19.0 Å². The first-order chi connectivity index (χ1) is 17.8. The smallest absolute Gasteiger partial charge is 0.230 e. The fraction of sp³-hybridized carbons (Fsp3) is 0.370. The molecule has 5 atom stereocenters. The maximum atomic E-state index is 14.7. The van der Waals surface area contributed by atoms with E-state index in [9.17, 15) is 43.6 Å². The van der Waals surface area contributed by atoms with Gasteiger partial charge in [0, 0.05) is 48.5 Å². The molecule has 5 rings (SSSR count). The number of primary amides is 1. The molecule has 2 aromatic rings. The Hall–Kier alpha value is -3.83. The van der Waals surface area contributed by atoms with Gasteiger partial charge >= 0.3 is 0 Å². The van der Waals surface area contributed by atoms with Gasteiger partial charge in [-0.2, -0.15) is 0 Å². The lowest BCUT2D eigenvalue weighted by atomic mass is 9.56. The number of halogens is 2. The zero-order valence-corrected chi connectivity index (χ0v) is 20.5. The molecule has 0 spiro atoms. The number of anilines is 1. The average molecular weight is 529 g/mol. The van der Waals surface area contributed by atoms with Crippen LogP contribution in [0.4, 0.5) is 14.5 Å². The fourth-order valence-corrected chi connectivity index (χ4v) is 6.29. The molecule has 11 heteroatoms. The Kier molecular flexibility index (Phi) is 5.84. The molecule has 0 radical (unpaired) electrons. The highest BCUT2D eigenvalue weighted by molar-refractivity contribution is 6.24. The van der Waals surface area contributed by atoms with Crippen molar-refractivity contribution in [2.75, 3.05) is 19.0 Å². The van der Waals surface area contributed by atoms with Crippen LogP contribution in [0.15, 0.2) is 29.8 Å². The number of Topliss-reactive ketones (excluding diaryl/α,β-unsaturated/α-hetero) is 2. The second-order valence-corrected chi connectivity index (χ2v) is 10.4. The molecule has 0 aliphatic heterocycles. The van der Waals surface area contributed by atoms with Gasteiger partial charge in [0.15, 0.2) is 11.4 Å². The van der Waals surface area contributed by atoms with Crippen LogP contribution in [0.5, 0.6) is 5.75 Å². The van der Waals surface area contributed by atoms with Gasteiger partial charge < -0.3 is 31.1 Å². The molecule has 2 unspecified atom stereocenters. The molecule has 3 aliphatic rings. The van der Waals surface area contributed by atoms with Crippen molar-refractivity contribution in [3.63, 3.8) is 0 Å². The van der Waals surface area contributed by atoms with Crippen molar-refractivity contribution in [3.8, 4) is 16.9 Å². The van der Waals surface area contributed by atoms with Crippen LogP contribution < -0.4 is 10.6 Å². The monoisotopic (exact) mass is 528 g/mol. The van der Waals surface area contributed by atoms with Crippen LogP contribution in [-0.4, -0.2) is 63.7 Å². The zero-order chi connectivity index (χ0) is 27.8. The van der Waals surface area contributed by atoms with E-state index in [4.69, 9.17) is 5.73 Å². The topological polar surface area (TPSA) is 161 Å². The third kappa shape index (κ3) is 3.45. The summed E-state index contributed by atoms with van der Waals surface area (Å²) in [6.45, 7) is 0. The minimum Gasteiger partial charge on any atom is -0.507 e. The molecule has 38 heavy (non-hydrogen) atoms. The van der Waals surface area contributed by atoms with Crippen molar-refractivity contribution in [3.05, 3.63) is 52.6 Å². The molecule has 2 saturated carbocycles. The molecule has 0 bridgehead atoms. The quantitative estimate of drug-likeness (QED) is 0.376. The summed E-state index contributed by atoms with van der Waals surface area (Å²) in [5.41, 5.74) is 2.80. The third-order valence-corrected chi connectivity index (χ3v) is 8.06. The normalized spacial score (nSPS) is 28.5. The number of hydrogen-bond donors (Lipinski definition) is 5. The summed E-state index contributed by atoms with van der Waals surface area (Å²) >= 11 is 0. The van der Waals surface area contributed by atoms with Crippen molar-refractivity contribution in [2.24, 2.45) is 23.5 Å². The highest BCUT2D eigenvalue weighted by atomic mass is 19.1. The van der Waals surface area contributed by atoms with E-state index in [2.05, 4.69) is 0 Å². The maximum absolute atomic E-state index is 14.7. The van der Waals surface area contributed by atoms with Crippen LogP contribution in [0.2, 0.25) is 0 Å². The van der Waals surface area contributed by atoms with Gasteiger partial charge in [0.25, 0.3) is 0 Å². The van der Waals surface area contributed by atoms with E-state index in [-0.39, 0.29) is 41.5 Å². The Labute approximate surface area is 215 Å². The Morgan fingerprint density at radius 2 is 1.79 bits per heavy atom. The molecule has 9 nitrogen and oxygen atoms in total. The first-order valence-electron chi connectivity index (χ1n) is 12.0. The van der Waals surface area contributed by atoms with Crippen LogP contribution >= 0.6 is 0 Å². The van der Waals surface area contributed by atoms with E-state index < -0.39 is 70.1 Å². The Morgan fingerprint density at radius 3 is 2.39 bits per heavy atom. The number of nitrogens with zero attached hydrogens (tertiary/aromatic N) is 1. The Morgan fingerprint density at radius 1 is 1.11 bits per heavy atom. The predicted octanol–water partition coefficient (Wildman–Crippen LogP) is 1.60. The second-order valence-electron chi connectivity index (χ2n) is 10.4. The summed E-state index contributed by atoms with van der Waals surface area (Å²) < 4.78 is 28.2. The van der Waals surface area contributed by atoms with E-state index >= 15 is 0 Å². The minimum atomic E-state index is -2.70. The van der Waals surface area contributed by atoms with Crippen LogP contribution in [-0.2, 0) is 20.8 Å². The number of ketones is 2. The van der Waals surface area contributed by atoms with Gasteiger partial charge in [0.05, 0.1) is 11.7 Å². The van der Waals surface area contributed by atoms with E-state index in [1.807, 2.05) is 0 Å². The van der Waals surface area contributed by atoms with Gasteiger partial charge in [-0.1, -0.05) is 0 Å². The van der Waals surface area contributed by atoms with Gasteiger partial charge in [-0.05, 0) is 48.9 Å². The van der Waals surface area contributed by atoms with Crippen LogP contribution in [0, 0.1) is 29.4 Å². The SMILES string of the molecule is CN(C)c1cc(-c2ccc(F)cc2F)c(O)c2c1C[C@H]1C[C@H]3CC(O)C(C(N)=O)C(=O)[C@@]3(O)C(=O)C1=C2O. The molecule has 2 fully saturated rings. The number of carbonyl (C=O) groups excluding carboxylic acids is 3. The fourth-order valence-electron chi connectivity index (χ4n) is 6.29. The lowest BCUT2D eigenvalue weighted by Gasteiger charge is -2.48. The molecule has 200 valence electrons. The molecular formula is C27H26F2N2O7. The lowest BCUT2D eigenvalue weighted by molar-refractivity contribution is -0.174. The minimum absolute atomic E-state index is 0.0251. The largest absolute Gasteiger partial charge is 0.507 e. The number of phenolic OH excluding ortho intramolecular Hbond substituents is 1. The number of hydrogen-bond acceptors (Lipinski definition) is 8. The number of carbonyl (C=O) groups is 3. The average Bonchev–Trinajstić information content (AvgIpc) is 2.81. The van der Waals surface area contributed by atoms with Gasteiger partial charge in [0.1, 0.15) is 29.1 Å². The van der Waals surface area contributed by atoms with Gasteiger partial charge in [-0.25, -0.2) is 8.78 Å². The second kappa shape index (κ2) is 8.60. The highest BCUT2D eigenvalue weighted by Gasteiger charge is 2.64. The van der Waals surface area contributed by atoms with Crippen molar-refractivity contribution in [2.45, 2.75) is 31.0 Å². The van der Waals surface area contributed by atoms with E-state index in [0.717, 1.165) is 12.1 Å². The molecule has 0 heterocycles. The molecule has 6 N–H and O–H groups in total.